The number of piperidine rings is 1. The molecule has 106 valence electrons. The molecule has 1 atom stereocenters. The van der Waals surface area contributed by atoms with E-state index < -0.39 is 6.04 Å². The van der Waals surface area contributed by atoms with E-state index in [1.165, 1.54) is 6.20 Å². The number of imide groups is 1. The van der Waals surface area contributed by atoms with Gasteiger partial charge in [0, 0.05) is 12.1 Å². The average molecular weight is 275 g/mol. The first-order valence-electron chi connectivity index (χ1n) is 6.85. The van der Waals surface area contributed by atoms with Gasteiger partial charge in [0.1, 0.15) is 6.04 Å². The molecule has 1 aromatic heterocycles. The molecule has 0 spiro atoms. The van der Waals surface area contributed by atoms with Gasteiger partial charge in [-0.15, -0.1) is 4.90 Å². The van der Waals surface area contributed by atoms with E-state index in [0.717, 1.165) is 23.3 Å². The van der Waals surface area contributed by atoms with Crippen LogP contribution in [0.15, 0.2) is 12.3 Å². The van der Waals surface area contributed by atoms with E-state index in [-0.39, 0.29) is 17.8 Å². The number of fused-ring (bicyclic) bond motifs is 1. The Balaban J connectivity index is 2.06. The molecule has 0 radical (unpaired) electrons. The second-order valence-electron chi connectivity index (χ2n) is 5.51. The predicted molar refractivity (Wildman–Crippen MR) is 72.1 cm³/mol. The number of anilines is 1. The fourth-order valence-electron chi connectivity index (χ4n) is 3.12. The van der Waals surface area contributed by atoms with Gasteiger partial charge in [-0.25, -0.2) is 14.3 Å². The highest BCUT2D eigenvalue weighted by molar-refractivity contribution is 6.20. The van der Waals surface area contributed by atoms with Crippen molar-refractivity contribution in [2.75, 3.05) is 11.4 Å². The van der Waals surface area contributed by atoms with E-state index in [1.54, 1.807) is 11.8 Å². The highest BCUT2D eigenvalue weighted by atomic mass is 16.5. The number of amides is 3. The normalized spacial score (nSPS) is 22.4. The van der Waals surface area contributed by atoms with Crippen molar-refractivity contribution in [2.45, 2.75) is 39.2 Å². The lowest BCUT2D eigenvalue weighted by atomic mass is 10.0. The Bertz CT molecular complexity index is 552. The van der Waals surface area contributed by atoms with Gasteiger partial charge >= 0.3 is 11.9 Å². The van der Waals surface area contributed by atoms with E-state index in [9.17, 15) is 14.8 Å². The number of hydrogen-bond donors (Lipinski definition) is 0. The Kier molecular flexibility index (Phi) is 2.88. The third kappa shape index (κ3) is 1.75. The van der Waals surface area contributed by atoms with Crippen molar-refractivity contribution in [3.8, 4) is 0 Å². The molecule has 2 aliphatic heterocycles. The lowest BCUT2D eigenvalue weighted by molar-refractivity contribution is -0.592. The Morgan fingerprint density at radius 3 is 2.70 bits per heavy atom. The maximum Gasteiger partial charge on any atom is 0.419 e. The van der Waals surface area contributed by atoms with Gasteiger partial charge in [-0.05, 0) is 44.7 Å². The van der Waals surface area contributed by atoms with Gasteiger partial charge in [-0.3, -0.25) is 4.90 Å². The molecule has 2 aliphatic rings. The van der Waals surface area contributed by atoms with Crippen molar-refractivity contribution in [1.82, 2.24) is 4.90 Å². The van der Waals surface area contributed by atoms with Crippen LogP contribution in [0.3, 0.4) is 0 Å². The van der Waals surface area contributed by atoms with Gasteiger partial charge in [0.15, 0.2) is 0 Å². The summed E-state index contributed by atoms with van der Waals surface area (Å²) in [5, 5.41) is 12.1. The molecule has 0 saturated carbocycles. The van der Waals surface area contributed by atoms with Gasteiger partial charge in [0.25, 0.3) is 5.82 Å². The summed E-state index contributed by atoms with van der Waals surface area (Å²) in [6, 6.07) is 1.05. The van der Waals surface area contributed by atoms with Gasteiger partial charge in [-0.1, -0.05) is 0 Å². The quantitative estimate of drug-likeness (QED) is 0.440. The summed E-state index contributed by atoms with van der Waals surface area (Å²) in [5.41, 5.74) is 1.44. The predicted octanol–water partition coefficient (Wildman–Crippen LogP) is 1.26. The van der Waals surface area contributed by atoms with E-state index in [2.05, 4.69) is 0 Å². The fraction of sp³-hybridized carbons (Fsp3) is 0.500. The van der Waals surface area contributed by atoms with Crippen molar-refractivity contribution >= 4 is 17.8 Å². The summed E-state index contributed by atoms with van der Waals surface area (Å²) in [6.07, 6.45) is 3.93. The minimum Gasteiger partial charge on any atom is -0.711 e. The van der Waals surface area contributed by atoms with Crippen LogP contribution in [-0.2, 0) is 4.79 Å². The van der Waals surface area contributed by atoms with Crippen molar-refractivity contribution in [3.05, 3.63) is 28.6 Å². The van der Waals surface area contributed by atoms with Crippen LogP contribution in [-0.4, -0.2) is 29.4 Å². The topological polar surface area (TPSA) is 67.6 Å². The van der Waals surface area contributed by atoms with Crippen LogP contribution in [0.25, 0.3) is 0 Å². The molecule has 6 heteroatoms. The van der Waals surface area contributed by atoms with E-state index >= 15 is 0 Å². The number of aryl methyl sites for hydroxylation is 2. The van der Waals surface area contributed by atoms with Crippen LogP contribution in [0.2, 0.25) is 0 Å². The molecular formula is C14H17N3O3. The first kappa shape index (κ1) is 12.9. The zero-order chi connectivity index (χ0) is 14.4. The number of rotatable bonds is 1. The summed E-state index contributed by atoms with van der Waals surface area (Å²) in [4.78, 5) is 27.5. The van der Waals surface area contributed by atoms with Crippen LogP contribution >= 0.6 is 0 Å². The molecule has 2 fully saturated rings. The van der Waals surface area contributed by atoms with Crippen molar-refractivity contribution < 1.29 is 14.3 Å². The summed E-state index contributed by atoms with van der Waals surface area (Å²) in [7, 11) is 0. The molecule has 3 rings (SSSR count). The second kappa shape index (κ2) is 4.47. The van der Waals surface area contributed by atoms with Gasteiger partial charge in [0.2, 0.25) is 0 Å². The number of hydrogen-bond acceptors (Lipinski definition) is 3. The maximum atomic E-state index is 12.5. The fourth-order valence-corrected chi connectivity index (χ4v) is 3.12. The molecule has 0 aliphatic carbocycles. The number of nitrogens with zero attached hydrogens (tertiary/aromatic N) is 3. The molecular weight excluding hydrogens is 258 g/mol. The number of pyridine rings is 1. The lowest BCUT2D eigenvalue weighted by Gasteiger charge is -2.23. The van der Waals surface area contributed by atoms with Crippen molar-refractivity contribution in [1.29, 1.82) is 0 Å². The molecule has 3 heterocycles. The van der Waals surface area contributed by atoms with Crippen LogP contribution in [0, 0.1) is 19.1 Å². The van der Waals surface area contributed by atoms with Gasteiger partial charge < -0.3 is 5.21 Å². The maximum absolute atomic E-state index is 12.5. The summed E-state index contributed by atoms with van der Waals surface area (Å²) >= 11 is 0. The van der Waals surface area contributed by atoms with Gasteiger partial charge in [0.05, 0.1) is 6.20 Å². The zero-order valence-corrected chi connectivity index (χ0v) is 11.6. The van der Waals surface area contributed by atoms with Crippen LogP contribution < -0.4 is 9.63 Å². The van der Waals surface area contributed by atoms with E-state index in [0.29, 0.717) is 23.3 Å². The minimum atomic E-state index is -0.392. The van der Waals surface area contributed by atoms with Crippen molar-refractivity contribution in [3.63, 3.8) is 0 Å². The molecule has 3 amide bonds. The zero-order valence-electron chi connectivity index (χ0n) is 11.6. The number of carbonyl (C=O) groups excluding carboxylic acids is 2. The minimum absolute atomic E-state index is 0.139. The molecule has 0 N–H and O–H groups in total. The number of carbonyl (C=O) groups is 2. The molecule has 20 heavy (non-hydrogen) atoms. The largest absolute Gasteiger partial charge is 0.711 e. The van der Waals surface area contributed by atoms with Crippen LogP contribution in [0.5, 0.6) is 0 Å². The SMILES string of the molecule is Cc1cc(C)c(N2C(=O)C3CCCCN3C2=O)[n+]([O-])c1. The molecule has 0 aromatic carbocycles. The smallest absolute Gasteiger partial charge is 0.419 e. The van der Waals surface area contributed by atoms with Gasteiger partial charge in [-0.2, -0.15) is 0 Å². The van der Waals surface area contributed by atoms with Crippen molar-refractivity contribution in [2.24, 2.45) is 0 Å². The third-order valence-electron chi connectivity index (χ3n) is 3.98. The highest BCUT2D eigenvalue weighted by Crippen LogP contribution is 2.30. The Morgan fingerprint density at radius 1 is 1.30 bits per heavy atom. The Hall–Kier alpha value is -2.11. The number of urea groups is 1. The average Bonchev–Trinajstić information content (AvgIpc) is 2.64. The highest BCUT2D eigenvalue weighted by Gasteiger charge is 2.53. The summed E-state index contributed by atoms with van der Waals surface area (Å²) in [6.45, 7) is 4.15. The monoisotopic (exact) mass is 275 g/mol. The molecule has 6 nitrogen and oxygen atoms in total. The Morgan fingerprint density at radius 2 is 2.05 bits per heavy atom. The first-order chi connectivity index (χ1) is 9.50. The summed E-state index contributed by atoms with van der Waals surface area (Å²) in [5.74, 6) is -0.133. The molecule has 1 unspecified atom stereocenters. The molecule has 0 bridgehead atoms. The van der Waals surface area contributed by atoms with Crippen LogP contribution in [0.4, 0.5) is 10.6 Å². The standard InChI is InChI=1S/C14H17N3O3/c1-9-7-10(2)12(16(20)8-9)17-13(18)11-5-3-4-6-15(11)14(17)19/h7-8,11H,3-6H2,1-2H3. The third-order valence-corrected chi connectivity index (χ3v) is 3.98. The summed E-state index contributed by atoms with van der Waals surface area (Å²) < 4.78 is 0.624. The van der Waals surface area contributed by atoms with Crippen LogP contribution in [0.1, 0.15) is 30.4 Å². The number of aromatic nitrogens is 1. The van der Waals surface area contributed by atoms with E-state index in [1.807, 2.05) is 13.0 Å². The van der Waals surface area contributed by atoms with E-state index in [4.69, 9.17) is 0 Å². The Labute approximate surface area is 117 Å². The molecule has 1 aromatic rings. The second-order valence-corrected chi connectivity index (χ2v) is 5.51. The lowest BCUT2D eigenvalue weighted by Crippen LogP contribution is -2.43. The molecule has 2 saturated heterocycles. The first-order valence-corrected chi connectivity index (χ1v) is 6.85.